The predicted octanol–water partition coefficient (Wildman–Crippen LogP) is 1.96. The first-order chi connectivity index (χ1) is 12.9. The van der Waals surface area contributed by atoms with E-state index >= 15 is 0 Å². The average Bonchev–Trinajstić information content (AvgIpc) is 3.13. The monoisotopic (exact) mass is 388 g/mol. The van der Waals surface area contributed by atoms with E-state index in [0.29, 0.717) is 58.7 Å². The molecule has 0 saturated carbocycles. The van der Waals surface area contributed by atoms with Gasteiger partial charge in [-0.05, 0) is 26.0 Å². The number of aromatic nitrogens is 4. The second-order valence-electron chi connectivity index (χ2n) is 6.16. The van der Waals surface area contributed by atoms with Crippen LogP contribution < -0.4 is 15.8 Å². The maximum Gasteiger partial charge on any atom is 0.277 e. The van der Waals surface area contributed by atoms with Crippen LogP contribution in [0.1, 0.15) is 33.5 Å². The highest BCUT2D eigenvalue weighted by molar-refractivity contribution is 6.34. The van der Waals surface area contributed by atoms with Crippen LogP contribution in [0.15, 0.2) is 12.1 Å². The predicted molar refractivity (Wildman–Crippen MR) is 99.3 cm³/mol. The molecular formula is C17H17ClN6O3. The van der Waals surface area contributed by atoms with Gasteiger partial charge in [-0.25, -0.2) is 4.98 Å². The standard InChI is InChI=1S/C17H17ClN6O3/c1-3-24-14(12(18)8(2)22-24)16(26)21-17-20-10-6-9(15(19)25)7-11-13(10)23(17)4-5-27-11/h6-7H,3-5H2,1-2H3,(H2,19,25)(H,20,21,26). The molecule has 0 spiro atoms. The van der Waals surface area contributed by atoms with E-state index in [2.05, 4.69) is 15.4 Å². The maximum absolute atomic E-state index is 12.8. The van der Waals surface area contributed by atoms with Crippen molar-refractivity contribution >= 4 is 40.4 Å². The summed E-state index contributed by atoms with van der Waals surface area (Å²) in [6.45, 7) is 5.02. The quantitative estimate of drug-likeness (QED) is 0.708. The SMILES string of the molecule is CCn1nc(C)c(Cl)c1C(=O)Nc1nc2cc(C(N)=O)cc3c2n1CCO3. The van der Waals surface area contributed by atoms with Crippen LogP contribution in [-0.2, 0) is 13.1 Å². The van der Waals surface area contributed by atoms with Gasteiger partial charge >= 0.3 is 0 Å². The summed E-state index contributed by atoms with van der Waals surface area (Å²) in [5, 5.41) is 7.37. The first-order valence-corrected chi connectivity index (χ1v) is 8.79. The molecule has 4 rings (SSSR count). The molecular weight excluding hydrogens is 372 g/mol. The number of carbonyl (C=O) groups excluding carboxylic acids is 2. The van der Waals surface area contributed by atoms with Gasteiger partial charge < -0.3 is 15.0 Å². The molecule has 9 nitrogen and oxygen atoms in total. The normalized spacial score (nSPS) is 12.9. The summed E-state index contributed by atoms with van der Waals surface area (Å²) in [4.78, 5) is 28.8. The molecule has 0 fully saturated rings. The van der Waals surface area contributed by atoms with Gasteiger partial charge in [-0.1, -0.05) is 11.6 Å². The number of anilines is 1. The second kappa shape index (κ2) is 6.27. The third-order valence-electron chi connectivity index (χ3n) is 4.46. The number of ether oxygens (including phenoxy) is 1. The Labute approximate surface area is 159 Å². The van der Waals surface area contributed by atoms with Crippen molar-refractivity contribution in [3.63, 3.8) is 0 Å². The van der Waals surface area contributed by atoms with Gasteiger partial charge in [0.15, 0.2) is 0 Å². The van der Waals surface area contributed by atoms with Crippen LogP contribution >= 0.6 is 11.6 Å². The molecule has 0 atom stereocenters. The van der Waals surface area contributed by atoms with E-state index in [4.69, 9.17) is 22.1 Å². The summed E-state index contributed by atoms with van der Waals surface area (Å²) in [5.41, 5.74) is 7.75. The summed E-state index contributed by atoms with van der Waals surface area (Å²) in [6.07, 6.45) is 0. The van der Waals surface area contributed by atoms with E-state index in [1.165, 1.54) is 0 Å². The van der Waals surface area contributed by atoms with Crippen molar-refractivity contribution in [2.45, 2.75) is 26.9 Å². The number of rotatable bonds is 4. The Kier molecular flexibility index (Phi) is 4.03. The largest absolute Gasteiger partial charge is 0.489 e. The fourth-order valence-corrected chi connectivity index (χ4v) is 3.43. The maximum atomic E-state index is 12.8. The molecule has 27 heavy (non-hydrogen) atoms. The minimum Gasteiger partial charge on any atom is -0.489 e. The number of hydrogen-bond acceptors (Lipinski definition) is 5. The van der Waals surface area contributed by atoms with Gasteiger partial charge in [0.2, 0.25) is 11.9 Å². The molecule has 10 heteroatoms. The fourth-order valence-electron chi connectivity index (χ4n) is 3.21. The lowest BCUT2D eigenvalue weighted by atomic mass is 10.1. The highest BCUT2D eigenvalue weighted by atomic mass is 35.5. The lowest BCUT2D eigenvalue weighted by Gasteiger charge is -2.18. The molecule has 3 N–H and O–H groups in total. The molecule has 0 radical (unpaired) electrons. The van der Waals surface area contributed by atoms with Crippen molar-refractivity contribution in [3.8, 4) is 5.75 Å². The zero-order valence-corrected chi connectivity index (χ0v) is 15.5. The summed E-state index contributed by atoms with van der Waals surface area (Å²) >= 11 is 6.26. The minimum atomic E-state index is -0.573. The number of hydrogen-bond donors (Lipinski definition) is 2. The van der Waals surface area contributed by atoms with Crippen LogP contribution in [0.25, 0.3) is 11.0 Å². The van der Waals surface area contributed by atoms with Gasteiger partial charge in [-0.2, -0.15) is 5.10 Å². The van der Waals surface area contributed by atoms with E-state index < -0.39 is 11.8 Å². The van der Waals surface area contributed by atoms with E-state index in [0.717, 1.165) is 0 Å². The molecule has 140 valence electrons. The van der Waals surface area contributed by atoms with Crippen molar-refractivity contribution in [1.29, 1.82) is 0 Å². The number of benzene rings is 1. The number of halogens is 1. The zero-order chi connectivity index (χ0) is 19.3. The second-order valence-corrected chi connectivity index (χ2v) is 6.54. The molecule has 0 aliphatic carbocycles. The van der Waals surface area contributed by atoms with E-state index in [1.54, 1.807) is 23.7 Å². The summed E-state index contributed by atoms with van der Waals surface area (Å²) in [5.74, 6) is -0.125. The Morgan fingerprint density at radius 3 is 2.89 bits per heavy atom. The van der Waals surface area contributed by atoms with Crippen molar-refractivity contribution < 1.29 is 14.3 Å². The Bertz CT molecular complexity index is 1100. The van der Waals surface area contributed by atoms with Gasteiger partial charge in [0.25, 0.3) is 5.91 Å². The number of aryl methyl sites for hydroxylation is 2. The van der Waals surface area contributed by atoms with Crippen molar-refractivity contribution in [2.75, 3.05) is 11.9 Å². The molecule has 2 amide bonds. The highest BCUT2D eigenvalue weighted by Crippen LogP contribution is 2.33. The van der Waals surface area contributed by atoms with Crippen molar-refractivity contribution in [1.82, 2.24) is 19.3 Å². The van der Waals surface area contributed by atoms with Crippen LogP contribution in [0.3, 0.4) is 0 Å². The lowest BCUT2D eigenvalue weighted by Crippen LogP contribution is -2.22. The lowest BCUT2D eigenvalue weighted by molar-refractivity contribution is 0.0995. The van der Waals surface area contributed by atoms with Crippen molar-refractivity contribution in [3.05, 3.63) is 34.1 Å². The summed E-state index contributed by atoms with van der Waals surface area (Å²) < 4.78 is 9.02. The number of imidazole rings is 1. The van der Waals surface area contributed by atoms with Crippen LogP contribution in [-0.4, -0.2) is 37.8 Å². The molecule has 1 aliphatic rings. The molecule has 2 aromatic heterocycles. The van der Waals surface area contributed by atoms with Crippen LogP contribution in [0.5, 0.6) is 5.75 Å². The molecule has 0 bridgehead atoms. The van der Waals surface area contributed by atoms with Crippen LogP contribution in [0, 0.1) is 6.92 Å². The van der Waals surface area contributed by atoms with E-state index in [9.17, 15) is 9.59 Å². The molecule has 0 saturated heterocycles. The molecule has 0 unspecified atom stereocenters. The van der Waals surface area contributed by atoms with Gasteiger partial charge in [-0.3, -0.25) is 19.6 Å². The number of nitrogens with zero attached hydrogens (tertiary/aromatic N) is 4. The zero-order valence-electron chi connectivity index (χ0n) is 14.7. The number of nitrogens with one attached hydrogen (secondary N) is 1. The smallest absolute Gasteiger partial charge is 0.277 e. The summed E-state index contributed by atoms with van der Waals surface area (Å²) in [7, 11) is 0. The Morgan fingerprint density at radius 1 is 1.41 bits per heavy atom. The van der Waals surface area contributed by atoms with Crippen LogP contribution in [0.2, 0.25) is 5.02 Å². The first kappa shape index (κ1) is 17.3. The van der Waals surface area contributed by atoms with Gasteiger partial charge in [0.05, 0.1) is 22.8 Å². The molecule has 1 aliphatic heterocycles. The fraction of sp³-hybridized carbons (Fsp3) is 0.294. The van der Waals surface area contributed by atoms with Crippen LogP contribution in [0.4, 0.5) is 5.95 Å². The number of amides is 2. The van der Waals surface area contributed by atoms with Gasteiger partial charge in [-0.15, -0.1) is 0 Å². The number of primary amides is 1. The topological polar surface area (TPSA) is 117 Å². The van der Waals surface area contributed by atoms with E-state index in [-0.39, 0.29) is 5.69 Å². The Hall–Kier alpha value is -3.07. The molecule has 3 aromatic rings. The average molecular weight is 389 g/mol. The number of nitrogens with two attached hydrogens (primary N) is 1. The molecule has 1 aromatic carbocycles. The third kappa shape index (κ3) is 2.71. The Morgan fingerprint density at radius 2 is 2.19 bits per heavy atom. The molecule has 3 heterocycles. The minimum absolute atomic E-state index is 0.279. The van der Waals surface area contributed by atoms with Gasteiger partial charge in [0, 0.05) is 12.1 Å². The highest BCUT2D eigenvalue weighted by Gasteiger charge is 2.25. The van der Waals surface area contributed by atoms with Crippen molar-refractivity contribution in [2.24, 2.45) is 5.73 Å². The Balaban J connectivity index is 1.78. The van der Waals surface area contributed by atoms with E-state index in [1.807, 2.05) is 11.5 Å². The first-order valence-electron chi connectivity index (χ1n) is 8.41. The summed E-state index contributed by atoms with van der Waals surface area (Å²) in [6, 6.07) is 3.16. The number of carbonyl (C=O) groups is 2. The van der Waals surface area contributed by atoms with Gasteiger partial charge in [0.1, 0.15) is 23.6 Å². The third-order valence-corrected chi connectivity index (χ3v) is 4.91.